The minimum absolute atomic E-state index is 0. The molecule has 1 fully saturated rings. The maximum Gasteiger partial charge on any atom is 0.231 e. The molecule has 5 heteroatoms. The Morgan fingerprint density at radius 3 is 2.08 bits per heavy atom. The standard InChI is InChI=1S/C7H14N2O.2ClH/c8-7(10)6-9-4-2-1-3-5-9;;/h1-6H2,(H2,8,10);2*1H. The van der Waals surface area contributed by atoms with E-state index >= 15 is 0 Å². The molecule has 0 aliphatic carbocycles. The van der Waals surface area contributed by atoms with Crippen molar-refractivity contribution in [1.29, 1.82) is 0 Å². The van der Waals surface area contributed by atoms with Crippen molar-refractivity contribution in [1.82, 2.24) is 4.90 Å². The van der Waals surface area contributed by atoms with E-state index in [0.717, 1.165) is 13.1 Å². The Morgan fingerprint density at radius 2 is 1.67 bits per heavy atom. The number of nitrogens with two attached hydrogens (primary N) is 1. The third-order valence-corrected chi connectivity index (χ3v) is 1.83. The first kappa shape index (κ1) is 14.5. The van der Waals surface area contributed by atoms with Crippen LogP contribution in [0.1, 0.15) is 19.3 Å². The van der Waals surface area contributed by atoms with Gasteiger partial charge in [-0.05, 0) is 25.9 Å². The summed E-state index contributed by atoms with van der Waals surface area (Å²) in [5.41, 5.74) is 5.04. The summed E-state index contributed by atoms with van der Waals surface area (Å²) in [6.45, 7) is 2.53. The highest BCUT2D eigenvalue weighted by Gasteiger charge is 2.10. The quantitative estimate of drug-likeness (QED) is 0.740. The van der Waals surface area contributed by atoms with Crippen LogP contribution >= 0.6 is 24.8 Å². The number of amides is 1. The summed E-state index contributed by atoms with van der Waals surface area (Å²) in [5.74, 6) is -0.207. The number of hydrogen-bond donors (Lipinski definition) is 1. The Balaban J connectivity index is 0. The number of piperidine rings is 1. The van der Waals surface area contributed by atoms with Crippen LogP contribution in [0.3, 0.4) is 0 Å². The Kier molecular flexibility index (Phi) is 9.26. The highest BCUT2D eigenvalue weighted by atomic mass is 35.5. The van der Waals surface area contributed by atoms with E-state index in [1.165, 1.54) is 19.3 Å². The van der Waals surface area contributed by atoms with E-state index in [4.69, 9.17) is 5.73 Å². The van der Waals surface area contributed by atoms with Gasteiger partial charge in [-0.15, -0.1) is 24.8 Å². The molecule has 0 saturated carbocycles. The molecule has 1 rings (SSSR count). The van der Waals surface area contributed by atoms with Gasteiger partial charge >= 0.3 is 0 Å². The zero-order valence-corrected chi connectivity index (χ0v) is 8.62. The number of hydrogen-bond acceptors (Lipinski definition) is 2. The van der Waals surface area contributed by atoms with E-state index in [0.29, 0.717) is 6.54 Å². The van der Waals surface area contributed by atoms with Crippen LogP contribution in [0, 0.1) is 0 Å². The molecule has 0 spiro atoms. The smallest absolute Gasteiger partial charge is 0.231 e. The Morgan fingerprint density at radius 1 is 1.17 bits per heavy atom. The van der Waals surface area contributed by atoms with Crippen LogP contribution < -0.4 is 5.73 Å². The van der Waals surface area contributed by atoms with Crippen LogP contribution in [-0.4, -0.2) is 30.4 Å². The van der Waals surface area contributed by atoms with Gasteiger partial charge in [0.2, 0.25) is 5.91 Å². The number of halogens is 2. The van der Waals surface area contributed by atoms with Crippen molar-refractivity contribution < 1.29 is 4.79 Å². The first-order valence-corrected chi connectivity index (χ1v) is 3.80. The second kappa shape index (κ2) is 7.65. The van der Waals surface area contributed by atoms with Gasteiger partial charge in [0.15, 0.2) is 0 Å². The Labute approximate surface area is 85.5 Å². The lowest BCUT2D eigenvalue weighted by Crippen LogP contribution is -2.37. The fraction of sp³-hybridized carbons (Fsp3) is 0.857. The zero-order valence-electron chi connectivity index (χ0n) is 6.99. The first-order chi connectivity index (χ1) is 4.79. The van der Waals surface area contributed by atoms with Gasteiger partial charge in [-0.25, -0.2) is 0 Å². The van der Waals surface area contributed by atoms with Gasteiger partial charge in [0.25, 0.3) is 0 Å². The van der Waals surface area contributed by atoms with Gasteiger partial charge in [-0.1, -0.05) is 6.42 Å². The molecule has 1 saturated heterocycles. The van der Waals surface area contributed by atoms with Crippen LogP contribution in [0.5, 0.6) is 0 Å². The number of nitrogens with zero attached hydrogens (tertiary/aromatic N) is 1. The summed E-state index contributed by atoms with van der Waals surface area (Å²) in [6.07, 6.45) is 3.73. The molecule has 1 heterocycles. The molecule has 0 bridgehead atoms. The fourth-order valence-corrected chi connectivity index (χ4v) is 1.34. The van der Waals surface area contributed by atoms with E-state index in [1.807, 2.05) is 0 Å². The summed E-state index contributed by atoms with van der Waals surface area (Å²) in [7, 11) is 0. The Hall–Kier alpha value is 0.01000. The molecule has 12 heavy (non-hydrogen) atoms. The SMILES string of the molecule is Cl.Cl.NC(=O)CN1CCCCC1. The molecule has 74 valence electrons. The lowest BCUT2D eigenvalue weighted by atomic mass is 10.1. The zero-order chi connectivity index (χ0) is 7.40. The van der Waals surface area contributed by atoms with E-state index < -0.39 is 0 Å². The molecular weight excluding hydrogens is 199 g/mol. The molecule has 3 nitrogen and oxygen atoms in total. The van der Waals surface area contributed by atoms with Gasteiger partial charge in [0, 0.05) is 0 Å². The summed E-state index contributed by atoms with van der Waals surface area (Å²) in [4.78, 5) is 12.6. The number of carbonyl (C=O) groups is 1. The van der Waals surface area contributed by atoms with Crippen LogP contribution in [0.15, 0.2) is 0 Å². The molecule has 0 aromatic carbocycles. The molecule has 0 aromatic rings. The van der Waals surface area contributed by atoms with E-state index in [2.05, 4.69) is 4.90 Å². The maximum absolute atomic E-state index is 10.4. The largest absolute Gasteiger partial charge is 0.369 e. The van der Waals surface area contributed by atoms with Crippen molar-refractivity contribution in [2.24, 2.45) is 5.73 Å². The minimum Gasteiger partial charge on any atom is -0.369 e. The molecular formula is C7H16Cl2N2O. The molecule has 0 unspecified atom stereocenters. The van der Waals surface area contributed by atoms with Crippen LogP contribution in [-0.2, 0) is 4.79 Å². The van der Waals surface area contributed by atoms with Crippen LogP contribution in [0.25, 0.3) is 0 Å². The van der Waals surface area contributed by atoms with Gasteiger partial charge in [0.1, 0.15) is 0 Å². The molecule has 2 N–H and O–H groups in total. The predicted molar refractivity (Wildman–Crippen MR) is 54.0 cm³/mol. The summed E-state index contributed by atoms with van der Waals surface area (Å²) in [5, 5.41) is 0. The van der Waals surface area contributed by atoms with E-state index in [9.17, 15) is 4.79 Å². The highest BCUT2D eigenvalue weighted by Crippen LogP contribution is 2.06. The molecule has 0 atom stereocenters. The average Bonchev–Trinajstić information content (AvgIpc) is 1.88. The van der Waals surface area contributed by atoms with Crippen molar-refractivity contribution in [3.8, 4) is 0 Å². The Bertz CT molecular complexity index is 127. The number of rotatable bonds is 2. The molecule has 0 radical (unpaired) electrons. The first-order valence-electron chi connectivity index (χ1n) is 3.80. The lowest BCUT2D eigenvalue weighted by molar-refractivity contribution is -0.119. The molecule has 1 aliphatic heterocycles. The maximum atomic E-state index is 10.4. The summed E-state index contributed by atoms with van der Waals surface area (Å²) < 4.78 is 0. The van der Waals surface area contributed by atoms with E-state index in [-0.39, 0.29) is 30.7 Å². The van der Waals surface area contributed by atoms with Crippen molar-refractivity contribution in [3.05, 3.63) is 0 Å². The van der Waals surface area contributed by atoms with E-state index in [1.54, 1.807) is 0 Å². The topological polar surface area (TPSA) is 46.3 Å². The van der Waals surface area contributed by atoms with Crippen LogP contribution in [0.4, 0.5) is 0 Å². The monoisotopic (exact) mass is 214 g/mol. The second-order valence-electron chi connectivity index (χ2n) is 2.80. The van der Waals surface area contributed by atoms with Crippen molar-refractivity contribution in [2.45, 2.75) is 19.3 Å². The fourth-order valence-electron chi connectivity index (χ4n) is 1.34. The highest BCUT2D eigenvalue weighted by molar-refractivity contribution is 5.85. The minimum atomic E-state index is -0.207. The number of carbonyl (C=O) groups excluding carboxylic acids is 1. The predicted octanol–water partition coefficient (Wildman–Crippen LogP) is 0.801. The van der Waals surface area contributed by atoms with Crippen molar-refractivity contribution >= 4 is 30.7 Å². The summed E-state index contributed by atoms with van der Waals surface area (Å²) in [6, 6.07) is 0. The van der Waals surface area contributed by atoms with Crippen LogP contribution in [0.2, 0.25) is 0 Å². The van der Waals surface area contributed by atoms with Gasteiger partial charge in [-0.2, -0.15) is 0 Å². The molecule has 0 aromatic heterocycles. The molecule has 1 amide bonds. The van der Waals surface area contributed by atoms with Gasteiger partial charge < -0.3 is 5.73 Å². The number of likely N-dealkylation sites (tertiary alicyclic amines) is 1. The third-order valence-electron chi connectivity index (χ3n) is 1.83. The molecule has 1 aliphatic rings. The lowest BCUT2D eigenvalue weighted by Gasteiger charge is -2.24. The number of primary amides is 1. The van der Waals surface area contributed by atoms with Crippen molar-refractivity contribution in [2.75, 3.05) is 19.6 Å². The van der Waals surface area contributed by atoms with Crippen molar-refractivity contribution in [3.63, 3.8) is 0 Å². The average molecular weight is 215 g/mol. The normalized spacial score (nSPS) is 17.3. The van der Waals surface area contributed by atoms with Gasteiger partial charge in [0.05, 0.1) is 6.54 Å². The third kappa shape index (κ3) is 5.63. The second-order valence-corrected chi connectivity index (χ2v) is 2.80. The van der Waals surface area contributed by atoms with Gasteiger partial charge in [-0.3, -0.25) is 9.69 Å². The summed E-state index contributed by atoms with van der Waals surface area (Å²) >= 11 is 0.